The van der Waals surface area contributed by atoms with Gasteiger partial charge in [0.2, 0.25) is 0 Å². The van der Waals surface area contributed by atoms with Gasteiger partial charge < -0.3 is 10.5 Å². The van der Waals surface area contributed by atoms with Crippen LogP contribution in [0.4, 0.5) is 0 Å². The Kier molecular flexibility index (Phi) is 4.68. The highest BCUT2D eigenvalue weighted by molar-refractivity contribution is 7.09. The van der Waals surface area contributed by atoms with Crippen LogP contribution in [0.5, 0.6) is 0 Å². The first kappa shape index (κ1) is 14.4. The summed E-state index contributed by atoms with van der Waals surface area (Å²) < 4.78 is 5.43. The van der Waals surface area contributed by atoms with Gasteiger partial charge in [-0.15, -0.1) is 11.3 Å². The largest absolute Gasteiger partial charge is 0.379 e. The Hall–Kier alpha value is -0.530. The number of nitrogens with zero attached hydrogens (tertiary/aromatic N) is 3. The molecule has 2 N–H and O–H groups in total. The molecule has 2 saturated heterocycles. The predicted octanol–water partition coefficient (Wildman–Crippen LogP) is 1.07. The lowest BCUT2D eigenvalue weighted by Gasteiger charge is -2.32. The quantitative estimate of drug-likeness (QED) is 0.901. The standard InChI is InChI=1S/C14H24N4OS/c1-11(15)14-16-12(10-20-14)8-17-3-2-13(9-17)18-4-6-19-7-5-18/h10-11,13H,2-9,15H2,1H3. The average molecular weight is 296 g/mol. The van der Waals surface area contributed by atoms with Crippen molar-refractivity contribution in [1.82, 2.24) is 14.8 Å². The number of likely N-dealkylation sites (tertiary alicyclic amines) is 1. The van der Waals surface area contributed by atoms with Crippen molar-refractivity contribution < 1.29 is 4.74 Å². The van der Waals surface area contributed by atoms with E-state index in [-0.39, 0.29) is 6.04 Å². The van der Waals surface area contributed by atoms with E-state index in [0.717, 1.165) is 44.4 Å². The lowest BCUT2D eigenvalue weighted by atomic mass is 10.2. The zero-order chi connectivity index (χ0) is 13.9. The Morgan fingerprint density at radius 1 is 1.45 bits per heavy atom. The van der Waals surface area contributed by atoms with E-state index < -0.39 is 0 Å². The van der Waals surface area contributed by atoms with E-state index >= 15 is 0 Å². The van der Waals surface area contributed by atoms with Crippen LogP contribution in [0.2, 0.25) is 0 Å². The zero-order valence-corrected chi connectivity index (χ0v) is 12.9. The fraction of sp³-hybridized carbons (Fsp3) is 0.786. The Bertz CT molecular complexity index is 431. The molecular formula is C14H24N4OS. The number of thiazole rings is 1. The minimum atomic E-state index is 0.0495. The van der Waals surface area contributed by atoms with E-state index in [9.17, 15) is 0 Å². The van der Waals surface area contributed by atoms with Crippen LogP contribution in [0, 0.1) is 0 Å². The van der Waals surface area contributed by atoms with E-state index in [2.05, 4.69) is 20.2 Å². The number of morpholine rings is 1. The van der Waals surface area contributed by atoms with E-state index in [1.807, 2.05) is 6.92 Å². The van der Waals surface area contributed by atoms with Crippen molar-refractivity contribution in [3.63, 3.8) is 0 Å². The monoisotopic (exact) mass is 296 g/mol. The maximum absolute atomic E-state index is 5.87. The lowest BCUT2D eigenvalue weighted by molar-refractivity contribution is 0.0183. The van der Waals surface area contributed by atoms with Crippen LogP contribution in [-0.4, -0.2) is 60.2 Å². The molecule has 0 bridgehead atoms. The minimum absolute atomic E-state index is 0.0495. The van der Waals surface area contributed by atoms with Gasteiger partial charge in [0.25, 0.3) is 0 Å². The minimum Gasteiger partial charge on any atom is -0.379 e. The third-order valence-electron chi connectivity index (χ3n) is 4.15. The van der Waals surface area contributed by atoms with Gasteiger partial charge in [-0.3, -0.25) is 9.80 Å². The first-order valence-corrected chi connectivity index (χ1v) is 8.34. The summed E-state index contributed by atoms with van der Waals surface area (Å²) in [6.45, 7) is 9.24. The van der Waals surface area contributed by atoms with Crippen molar-refractivity contribution in [2.45, 2.75) is 32.0 Å². The summed E-state index contributed by atoms with van der Waals surface area (Å²) in [4.78, 5) is 9.72. The molecule has 5 nitrogen and oxygen atoms in total. The number of ether oxygens (including phenoxy) is 1. The first-order valence-electron chi connectivity index (χ1n) is 7.46. The molecular weight excluding hydrogens is 272 g/mol. The van der Waals surface area contributed by atoms with E-state index in [0.29, 0.717) is 6.04 Å². The molecule has 3 heterocycles. The van der Waals surface area contributed by atoms with Gasteiger partial charge in [-0.1, -0.05) is 0 Å². The lowest BCUT2D eigenvalue weighted by Crippen LogP contribution is -2.44. The molecule has 0 amide bonds. The summed E-state index contributed by atoms with van der Waals surface area (Å²) in [5.41, 5.74) is 7.04. The Balaban J connectivity index is 1.51. The number of hydrogen-bond acceptors (Lipinski definition) is 6. The molecule has 6 heteroatoms. The van der Waals surface area contributed by atoms with Crippen molar-refractivity contribution >= 4 is 11.3 Å². The third-order valence-corrected chi connectivity index (χ3v) is 5.25. The van der Waals surface area contributed by atoms with Crippen LogP contribution in [0.3, 0.4) is 0 Å². The van der Waals surface area contributed by atoms with Gasteiger partial charge in [-0.05, 0) is 13.3 Å². The molecule has 2 atom stereocenters. The molecule has 0 saturated carbocycles. The molecule has 3 rings (SSSR count). The molecule has 1 aromatic heterocycles. The molecule has 112 valence electrons. The molecule has 2 unspecified atom stereocenters. The highest BCUT2D eigenvalue weighted by atomic mass is 32.1. The van der Waals surface area contributed by atoms with Crippen LogP contribution in [0.25, 0.3) is 0 Å². The number of nitrogens with two attached hydrogens (primary N) is 1. The summed E-state index contributed by atoms with van der Waals surface area (Å²) in [6.07, 6.45) is 1.27. The maximum Gasteiger partial charge on any atom is 0.109 e. The van der Waals surface area contributed by atoms with Crippen LogP contribution < -0.4 is 5.73 Å². The molecule has 0 spiro atoms. The van der Waals surface area contributed by atoms with Crippen molar-refractivity contribution in [3.05, 3.63) is 16.1 Å². The molecule has 0 radical (unpaired) electrons. The molecule has 2 aliphatic rings. The van der Waals surface area contributed by atoms with Crippen LogP contribution >= 0.6 is 11.3 Å². The highest BCUT2D eigenvalue weighted by Gasteiger charge is 2.28. The van der Waals surface area contributed by atoms with E-state index in [4.69, 9.17) is 10.5 Å². The van der Waals surface area contributed by atoms with E-state index in [1.165, 1.54) is 18.7 Å². The van der Waals surface area contributed by atoms with Gasteiger partial charge in [0, 0.05) is 44.1 Å². The Morgan fingerprint density at radius 2 is 2.25 bits per heavy atom. The normalized spacial score (nSPS) is 27.0. The van der Waals surface area contributed by atoms with Gasteiger partial charge in [-0.2, -0.15) is 0 Å². The fourth-order valence-corrected chi connectivity index (χ4v) is 3.80. The highest BCUT2D eigenvalue weighted by Crippen LogP contribution is 2.21. The van der Waals surface area contributed by atoms with Crippen molar-refractivity contribution in [2.75, 3.05) is 39.4 Å². The predicted molar refractivity (Wildman–Crippen MR) is 80.8 cm³/mol. The number of hydrogen-bond donors (Lipinski definition) is 1. The second kappa shape index (κ2) is 6.49. The van der Waals surface area contributed by atoms with Gasteiger partial charge in [-0.25, -0.2) is 4.98 Å². The van der Waals surface area contributed by atoms with Gasteiger partial charge in [0.1, 0.15) is 5.01 Å². The number of aromatic nitrogens is 1. The molecule has 0 aromatic carbocycles. The van der Waals surface area contributed by atoms with Gasteiger partial charge in [0.05, 0.1) is 24.9 Å². The summed E-state index contributed by atoms with van der Waals surface area (Å²) in [6, 6.07) is 0.749. The second-order valence-electron chi connectivity index (χ2n) is 5.79. The maximum atomic E-state index is 5.87. The molecule has 0 aliphatic carbocycles. The summed E-state index contributed by atoms with van der Waals surface area (Å²) in [7, 11) is 0. The topological polar surface area (TPSA) is 54.6 Å². The van der Waals surface area contributed by atoms with E-state index in [1.54, 1.807) is 11.3 Å². The zero-order valence-electron chi connectivity index (χ0n) is 12.1. The first-order chi connectivity index (χ1) is 9.72. The summed E-state index contributed by atoms with van der Waals surface area (Å²) in [5, 5.41) is 3.20. The summed E-state index contributed by atoms with van der Waals surface area (Å²) in [5.74, 6) is 0. The van der Waals surface area contributed by atoms with Gasteiger partial charge in [0.15, 0.2) is 0 Å². The van der Waals surface area contributed by atoms with Crippen molar-refractivity contribution in [1.29, 1.82) is 0 Å². The molecule has 2 fully saturated rings. The van der Waals surface area contributed by atoms with Crippen molar-refractivity contribution in [3.8, 4) is 0 Å². The van der Waals surface area contributed by atoms with Gasteiger partial charge >= 0.3 is 0 Å². The number of rotatable bonds is 4. The van der Waals surface area contributed by atoms with Crippen LogP contribution in [0.15, 0.2) is 5.38 Å². The second-order valence-corrected chi connectivity index (χ2v) is 6.68. The molecule has 1 aromatic rings. The molecule has 20 heavy (non-hydrogen) atoms. The fourth-order valence-electron chi connectivity index (χ4n) is 3.03. The SMILES string of the molecule is CC(N)c1nc(CN2CCC(N3CCOCC3)C2)cs1. The Morgan fingerprint density at radius 3 is 2.95 bits per heavy atom. The average Bonchev–Trinajstić information content (AvgIpc) is 3.10. The summed E-state index contributed by atoms with van der Waals surface area (Å²) >= 11 is 1.68. The van der Waals surface area contributed by atoms with Crippen LogP contribution in [-0.2, 0) is 11.3 Å². The Labute approximate surface area is 124 Å². The van der Waals surface area contributed by atoms with Crippen LogP contribution in [0.1, 0.15) is 30.1 Å². The third kappa shape index (κ3) is 3.38. The molecule has 2 aliphatic heterocycles. The smallest absolute Gasteiger partial charge is 0.109 e. The van der Waals surface area contributed by atoms with Crippen molar-refractivity contribution in [2.24, 2.45) is 5.73 Å².